The highest BCUT2D eigenvalue weighted by Crippen LogP contribution is 2.32. The number of rotatable bonds is 7. The van der Waals surface area contributed by atoms with Gasteiger partial charge in [-0.3, -0.25) is 0 Å². The van der Waals surface area contributed by atoms with Gasteiger partial charge in [-0.05, 0) is 23.3 Å². The fourth-order valence-electron chi connectivity index (χ4n) is 2.76. The van der Waals surface area contributed by atoms with E-state index in [1.807, 2.05) is 36.4 Å². The van der Waals surface area contributed by atoms with E-state index in [4.69, 9.17) is 26.3 Å². The van der Waals surface area contributed by atoms with Gasteiger partial charge in [-0.1, -0.05) is 72.3 Å². The van der Waals surface area contributed by atoms with Crippen LogP contribution in [0.25, 0.3) is 0 Å². The molecule has 6 heteroatoms. The number of anilines is 1. The number of halogens is 1. The second-order valence-electron chi connectivity index (χ2n) is 5.88. The van der Waals surface area contributed by atoms with Crippen molar-refractivity contribution in [2.75, 3.05) is 4.90 Å². The zero-order chi connectivity index (χ0) is 18.4. The smallest absolute Gasteiger partial charge is 0.512 e. The molecule has 3 rings (SSSR count). The Morgan fingerprint density at radius 2 is 1.35 bits per heavy atom. The third kappa shape index (κ3) is 5.02. The average Bonchev–Trinajstić information content (AvgIpc) is 2.64. The molecule has 4 nitrogen and oxygen atoms in total. The summed E-state index contributed by atoms with van der Waals surface area (Å²) in [6.45, 7) is 1.31. The Balaban J connectivity index is 1.94. The summed E-state index contributed by atoms with van der Waals surface area (Å²) in [6, 6.07) is 25.2. The number of hydrogen-bond donors (Lipinski definition) is 2. The highest BCUT2D eigenvalue weighted by atomic mass is 35.5. The second kappa shape index (κ2) is 8.76. The van der Waals surface area contributed by atoms with Gasteiger partial charge in [0.15, 0.2) is 0 Å². The highest BCUT2D eigenvalue weighted by Gasteiger charge is 2.16. The Bertz CT molecular complexity index is 789. The van der Waals surface area contributed by atoms with E-state index in [0.717, 1.165) is 16.8 Å². The largest absolute Gasteiger partial charge is 0.707 e. The Hall–Kier alpha value is -2.47. The van der Waals surface area contributed by atoms with Gasteiger partial charge in [0.05, 0.1) is 10.7 Å². The minimum absolute atomic E-state index is 0.338. The van der Waals surface area contributed by atoms with Crippen molar-refractivity contribution >= 4 is 24.6 Å². The summed E-state index contributed by atoms with van der Waals surface area (Å²) in [7, 11) is -1.87. The van der Waals surface area contributed by atoms with E-state index in [0.29, 0.717) is 23.9 Å². The monoisotopic (exact) mass is 367 g/mol. The molecule has 0 atom stereocenters. The molecule has 0 fully saturated rings. The summed E-state index contributed by atoms with van der Waals surface area (Å²) in [5.74, 6) is 0.338. The standard InChI is InChI=1S/C20H19BClNO3/c22-19-12-11-18(26-21(24)25)13-20(19)23(14-16-7-3-1-4-8-16)15-17-9-5-2-6-10-17/h1-13,24-25H,14-15H2. The van der Waals surface area contributed by atoms with Gasteiger partial charge in [0.25, 0.3) is 0 Å². The molecule has 0 radical (unpaired) electrons. The molecule has 0 saturated heterocycles. The Kier molecular flexibility index (Phi) is 6.18. The van der Waals surface area contributed by atoms with Crippen molar-refractivity contribution < 1.29 is 14.7 Å². The zero-order valence-electron chi connectivity index (χ0n) is 14.1. The molecule has 0 heterocycles. The lowest BCUT2D eigenvalue weighted by Gasteiger charge is -2.27. The molecule has 132 valence electrons. The first-order valence-electron chi connectivity index (χ1n) is 8.27. The first kappa shape index (κ1) is 18.3. The molecule has 3 aromatic carbocycles. The maximum Gasteiger partial charge on any atom is 0.707 e. The van der Waals surface area contributed by atoms with E-state index in [1.54, 1.807) is 18.2 Å². The summed E-state index contributed by atoms with van der Waals surface area (Å²) in [6.07, 6.45) is 0. The van der Waals surface area contributed by atoms with Crippen molar-refractivity contribution in [2.24, 2.45) is 0 Å². The van der Waals surface area contributed by atoms with Crippen LogP contribution in [0.4, 0.5) is 5.69 Å². The van der Waals surface area contributed by atoms with Gasteiger partial charge >= 0.3 is 7.32 Å². The summed E-state index contributed by atoms with van der Waals surface area (Å²) in [4.78, 5) is 2.13. The lowest BCUT2D eigenvalue weighted by molar-refractivity contribution is 0.288. The van der Waals surface area contributed by atoms with Crippen molar-refractivity contribution in [3.8, 4) is 5.75 Å². The number of hydrogen-bond acceptors (Lipinski definition) is 4. The Labute approximate surface area is 158 Å². The van der Waals surface area contributed by atoms with Gasteiger partial charge < -0.3 is 19.6 Å². The van der Waals surface area contributed by atoms with Gasteiger partial charge in [0, 0.05) is 19.2 Å². The lowest BCUT2D eigenvalue weighted by Crippen LogP contribution is -2.23. The van der Waals surface area contributed by atoms with Crippen LogP contribution in [0.2, 0.25) is 5.02 Å². The predicted octanol–water partition coefficient (Wildman–Crippen LogP) is 3.90. The summed E-state index contributed by atoms with van der Waals surface area (Å²) < 4.78 is 4.99. The molecule has 0 saturated carbocycles. The van der Waals surface area contributed by atoms with Crippen molar-refractivity contribution in [2.45, 2.75) is 13.1 Å². The summed E-state index contributed by atoms with van der Waals surface area (Å²) in [5, 5.41) is 18.7. The third-order valence-electron chi connectivity index (χ3n) is 3.93. The van der Waals surface area contributed by atoms with E-state index < -0.39 is 7.32 Å². The number of nitrogens with zero attached hydrogens (tertiary/aromatic N) is 1. The van der Waals surface area contributed by atoms with Crippen LogP contribution in [0, 0.1) is 0 Å². The zero-order valence-corrected chi connectivity index (χ0v) is 14.9. The maximum absolute atomic E-state index is 9.06. The van der Waals surface area contributed by atoms with Gasteiger partial charge in [0.1, 0.15) is 5.75 Å². The first-order valence-corrected chi connectivity index (χ1v) is 8.65. The Morgan fingerprint density at radius 3 is 1.85 bits per heavy atom. The van der Waals surface area contributed by atoms with E-state index in [2.05, 4.69) is 29.2 Å². The van der Waals surface area contributed by atoms with Crippen LogP contribution < -0.4 is 9.55 Å². The molecule has 0 spiro atoms. The van der Waals surface area contributed by atoms with E-state index in [9.17, 15) is 0 Å². The molecule has 0 aliphatic rings. The molecule has 0 aromatic heterocycles. The number of benzene rings is 3. The molecule has 26 heavy (non-hydrogen) atoms. The first-order chi connectivity index (χ1) is 12.6. The maximum atomic E-state index is 9.06. The van der Waals surface area contributed by atoms with Crippen molar-refractivity contribution in [3.63, 3.8) is 0 Å². The molecule has 0 amide bonds. The molecule has 0 aliphatic carbocycles. The fraction of sp³-hybridized carbons (Fsp3) is 0.100. The SMILES string of the molecule is OB(O)Oc1ccc(Cl)c(N(Cc2ccccc2)Cc2ccccc2)c1. The summed E-state index contributed by atoms with van der Waals surface area (Å²) >= 11 is 6.44. The van der Waals surface area contributed by atoms with Crippen LogP contribution in [0.1, 0.15) is 11.1 Å². The highest BCUT2D eigenvalue weighted by molar-refractivity contribution is 6.34. The minimum atomic E-state index is -1.87. The second-order valence-corrected chi connectivity index (χ2v) is 6.29. The topological polar surface area (TPSA) is 52.9 Å². The predicted molar refractivity (Wildman–Crippen MR) is 105 cm³/mol. The van der Waals surface area contributed by atoms with E-state index in [-0.39, 0.29) is 0 Å². The quantitative estimate of drug-likeness (QED) is 0.622. The van der Waals surface area contributed by atoms with Crippen LogP contribution in [0.5, 0.6) is 5.75 Å². The van der Waals surface area contributed by atoms with Crippen molar-refractivity contribution in [1.29, 1.82) is 0 Å². The fourth-order valence-corrected chi connectivity index (χ4v) is 3.00. The van der Waals surface area contributed by atoms with Crippen molar-refractivity contribution in [1.82, 2.24) is 0 Å². The van der Waals surface area contributed by atoms with Crippen LogP contribution in [-0.4, -0.2) is 17.4 Å². The van der Waals surface area contributed by atoms with E-state index in [1.165, 1.54) is 0 Å². The Morgan fingerprint density at radius 1 is 0.808 bits per heavy atom. The van der Waals surface area contributed by atoms with Crippen LogP contribution in [-0.2, 0) is 13.1 Å². The van der Waals surface area contributed by atoms with E-state index >= 15 is 0 Å². The van der Waals surface area contributed by atoms with Gasteiger partial charge in [0.2, 0.25) is 0 Å². The van der Waals surface area contributed by atoms with Gasteiger partial charge in [-0.25, -0.2) is 0 Å². The van der Waals surface area contributed by atoms with Crippen LogP contribution in [0.15, 0.2) is 78.9 Å². The van der Waals surface area contributed by atoms with Crippen LogP contribution >= 0.6 is 11.6 Å². The molecule has 3 aromatic rings. The molecular formula is C20H19BClNO3. The lowest BCUT2D eigenvalue weighted by atomic mass is 10.1. The van der Waals surface area contributed by atoms with Crippen molar-refractivity contribution in [3.05, 3.63) is 95.0 Å². The minimum Gasteiger partial charge on any atom is -0.512 e. The summed E-state index contributed by atoms with van der Waals surface area (Å²) in [5.41, 5.74) is 3.05. The third-order valence-corrected chi connectivity index (χ3v) is 4.25. The molecule has 0 bridgehead atoms. The molecule has 0 aliphatic heterocycles. The molecule has 0 unspecified atom stereocenters. The normalized spacial score (nSPS) is 10.4. The van der Waals surface area contributed by atoms with Gasteiger partial charge in [-0.2, -0.15) is 0 Å². The van der Waals surface area contributed by atoms with Gasteiger partial charge in [-0.15, -0.1) is 0 Å². The average molecular weight is 368 g/mol. The molecular weight excluding hydrogens is 348 g/mol. The van der Waals surface area contributed by atoms with Crippen LogP contribution in [0.3, 0.4) is 0 Å². The molecule has 2 N–H and O–H groups in total.